The van der Waals surface area contributed by atoms with E-state index in [0.29, 0.717) is 0 Å². The van der Waals surface area contributed by atoms with Crippen molar-refractivity contribution in [3.8, 4) is 0 Å². The monoisotopic (exact) mass is 168 g/mol. The summed E-state index contributed by atoms with van der Waals surface area (Å²) in [5, 5.41) is 9.38. The molecule has 0 spiro atoms. The van der Waals surface area contributed by atoms with Gasteiger partial charge in [-0.25, -0.2) is 4.57 Å². The molecular formula is C6H8N4O2. The van der Waals surface area contributed by atoms with Crippen molar-refractivity contribution in [1.82, 2.24) is 14.8 Å². The van der Waals surface area contributed by atoms with Crippen molar-refractivity contribution >= 4 is 17.8 Å². The molecule has 1 amide bonds. The molecule has 0 fully saturated rings. The lowest BCUT2D eigenvalue weighted by atomic mass is 10.6. The third-order valence-corrected chi connectivity index (χ3v) is 1.17. The molecule has 64 valence electrons. The second-order valence-electron chi connectivity index (χ2n) is 2.22. The van der Waals surface area contributed by atoms with Gasteiger partial charge in [0.15, 0.2) is 0 Å². The summed E-state index contributed by atoms with van der Waals surface area (Å²) in [6.07, 6.45) is 1.24. The van der Waals surface area contributed by atoms with Crippen LogP contribution in [0, 0.1) is 0 Å². The van der Waals surface area contributed by atoms with Crippen LogP contribution in [-0.2, 0) is 4.79 Å². The highest BCUT2D eigenvalue weighted by molar-refractivity contribution is 5.89. The summed E-state index contributed by atoms with van der Waals surface area (Å²) in [4.78, 5) is 21.4. The molecule has 6 nitrogen and oxygen atoms in total. The first-order valence-electron chi connectivity index (χ1n) is 3.30. The van der Waals surface area contributed by atoms with Gasteiger partial charge in [-0.1, -0.05) is 0 Å². The second kappa shape index (κ2) is 3.12. The number of nitrogens with one attached hydrogen (secondary N) is 1. The Bertz CT molecular complexity index is 317. The minimum atomic E-state index is -0.287. The van der Waals surface area contributed by atoms with Crippen LogP contribution in [0.5, 0.6) is 0 Å². The fourth-order valence-corrected chi connectivity index (χ4v) is 0.708. The van der Waals surface area contributed by atoms with Gasteiger partial charge in [-0.2, -0.15) is 0 Å². The molecule has 0 aliphatic rings. The van der Waals surface area contributed by atoms with Crippen molar-refractivity contribution in [3.63, 3.8) is 0 Å². The van der Waals surface area contributed by atoms with E-state index in [1.807, 2.05) is 0 Å². The number of rotatable bonds is 1. The average Bonchev–Trinajstić information content (AvgIpc) is 2.33. The zero-order chi connectivity index (χ0) is 9.14. The van der Waals surface area contributed by atoms with Crippen LogP contribution < -0.4 is 5.32 Å². The molecular weight excluding hydrogens is 160 g/mol. The van der Waals surface area contributed by atoms with Gasteiger partial charge in [0.25, 0.3) is 0 Å². The Morgan fingerprint density at radius 3 is 2.67 bits per heavy atom. The van der Waals surface area contributed by atoms with Gasteiger partial charge in [0.05, 0.1) is 0 Å². The molecule has 0 aromatic carbocycles. The standard InChI is InChI=1S/C6H8N4O2/c1-4(11)8-6-9-7-3-10(6)5(2)12/h3H,1-2H3,(H,8,9,11). The molecule has 1 rings (SSSR count). The molecule has 0 radical (unpaired) electrons. The minimum absolute atomic E-state index is 0.148. The maximum absolute atomic E-state index is 10.8. The summed E-state index contributed by atoms with van der Waals surface area (Å²) in [7, 11) is 0. The van der Waals surface area contributed by atoms with E-state index in [9.17, 15) is 9.59 Å². The van der Waals surface area contributed by atoms with E-state index < -0.39 is 0 Å². The number of carbonyl (C=O) groups excluding carboxylic acids is 2. The molecule has 0 saturated carbocycles. The molecule has 0 unspecified atom stereocenters. The van der Waals surface area contributed by atoms with E-state index in [1.165, 1.54) is 20.2 Å². The van der Waals surface area contributed by atoms with Crippen molar-refractivity contribution in [3.05, 3.63) is 6.33 Å². The zero-order valence-corrected chi connectivity index (χ0v) is 6.74. The van der Waals surface area contributed by atoms with Gasteiger partial charge < -0.3 is 0 Å². The Morgan fingerprint density at radius 1 is 1.50 bits per heavy atom. The van der Waals surface area contributed by atoms with Gasteiger partial charge in [-0.3, -0.25) is 14.9 Å². The number of aromatic nitrogens is 3. The molecule has 0 aliphatic carbocycles. The molecule has 0 bridgehead atoms. The van der Waals surface area contributed by atoms with Crippen molar-refractivity contribution in [1.29, 1.82) is 0 Å². The van der Waals surface area contributed by atoms with Crippen molar-refractivity contribution < 1.29 is 9.59 Å². The van der Waals surface area contributed by atoms with Crippen LogP contribution in [-0.4, -0.2) is 26.6 Å². The Hall–Kier alpha value is -1.72. The number of anilines is 1. The predicted molar refractivity (Wildman–Crippen MR) is 40.6 cm³/mol. The smallest absolute Gasteiger partial charge is 0.237 e. The third kappa shape index (κ3) is 1.66. The Labute approximate surface area is 68.6 Å². The van der Waals surface area contributed by atoms with E-state index in [1.54, 1.807) is 0 Å². The van der Waals surface area contributed by atoms with Gasteiger partial charge >= 0.3 is 0 Å². The first-order chi connectivity index (χ1) is 5.61. The molecule has 1 N–H and O–H groups in total. The Kier molecular flexibility index (Phi) is 2.18. The second-order valence-corrected chi connectivity index (χ2v) is 2.22. The maximum Gasteiger partial charge on any atom is 0.237 e. The number of hydrogen-bond acceptors (Lipinski definition) is 4. The van der Waals surface area contributed by atoms with Crippen LogP contribution in [0.2, 0.25) is 0 Å². The molecule has 0 atom stereocenters. The van der Waals surface area contributed by atoms with Crippen LogP contribution in [0.1, 0.15) is 18.6 Å². The molecule has 12 heavy (non-hydrogen) atoms. The lowest BCUT2D eigenvalue weighted by molar-refractivity contribution is -0.114. The Morgan fingerprint density at radius 2 is 2.17 bits per heavy atom. The number of nitrogens with zero attached hydrogens (tertiary/aromatic N) is 3. The van der Waals surface area contributed by atoms with Gasteiger partial charge in [0.1, 0.15) is 6.33 Å². The zero-order valence-electron chi connectivity index (χ0n) is 6.74. The fourth-order valence-electron chi connectivity index (χ4n) is 0.708. The largest absolute Gasteiger partial charge is 0.294 e. The Balaban J connectivity index is 2.91. The van der Waals surface area contributed by atoms with E-state index >= 15 is 0 Å². The van der Waals surface area contributed by atoms with E-state index in [2.05, 4.69) is 15.5 Å². The van der Waals surface area contributed by atoms with Gasteiger partial charge in [-0.05, 0) is 0 Å². The number of hydrogen-bond donors (Lipinski definition) is 1. The first kappa shape index (κ1) is 8.38. The molecule has 0 aliphatic heterocycles. The SMILES string of the molecule is CC(=O)Nc1nncn1C(C)=O. The minimum Gasteiger partial charge on any atom is -0.294 e. The van der Waals surface area contributed by atoms with Crippen LogP contribution >= 0.6 is 0 Å². The normalized spacial score (nSPS) is 9.50. The number of amides is 1. The fraction of sp³-hybridized carbons (Fsp3) is 0.333. The summed E-state index contributed by atoms with van der Waals surface area (Å²) in [5.41, 5.74) is 0. The van der Waals surface area contributed by atoms with Crippen molar-refractivity contribution in [2.24, 2.45) is 0 Å². The summed E-state index contributed by atoms with van der Waals surface area (Å²) in [6, 6.07) is 0. The highest BCUT2D eigenvalue weighted by Gasteiger charge is 2.07. The molecule has 1 heterocycles. The van der Waals surface area contributed by atoms with E-state index in [4.69, 9.17) is 0 Å². The highest BCUT2D eigenvalue weighted by atomic mass is 16.2. The summed E-state index contributed by atoms with van der Waals surface area (Å²) in [6.45, 7) is 2.69. The summed E-state index contributed by atoms with van der Waals surface area (Å²) >= 11 is 0. The van der Waals surface area contributed by atoms with E-state index in [0.717, 1.165) is 4.57 Å². The summed E-state index contributed by atoms with van der Waals surface area (Å²) in [5.74, 6) is -0.385. The van der Waals surface area contributed by atoms with Crippen molar-refractivity contribution in [2.75, 3.05) is 5.32 Å². The average molecular weight is 168 g/mol. The highest BCUT2D eigenvalue weighted by Crippen LogP contribution is 2.00. The molecule has 1 aromatic heterocycles. The predicted octanol–water partition coefficient (Wildman–Crippen LogP) is -0.103. The van der Waals surface area contributed by atoms with Crippen LogP contribution in [0.25, 0.3) is 0 Å². The van der Waals surface area contributed by atoms with Gasteiger partial charge in [0, 0.05) is 13.8 Å². The van der Waals surface area contributed by atoms with Crippen LogP contribution in [0.3, 0.4) is 0 Å². The molecule has 1 aromatic rings. The molecule has 0 saturated heterocycles. The lowest BCUT2D eigenvalue weighted by Gasteiger charge is -2.00. The molecule has 6 heteroatoms. The topological polar surface area (TPSA) is 76.9 Å². The van der Waals surface area contributed by atoms with Gasteiger partial charge in [0.2, 0.25) is 17.8 Å². The first-order valence-corrected chi connectivity index (χ1v) is 3.30. The number of carbonyl (C=O) groups is 2. The third-order valence-electron chi connectivity index (χ3n) is 1.17. The quantitative estimate of drug-likeness (QED) is 0.635. The summed E-state index contributed by atoms with van der Waals surface area (Å²) < 4.78 is 1.15. The van der Waals surface area contributed by atoms with Crippen LogP contribution in [0.15, 0.2) is 6.33 Å². The van der Waals surface area contributed by atoms with Crippen molar-refractivity contribution in [2.45, 2.75) is 13.8 Å². The maximum atomic E-state index is 10.8. The lowest BCUT2D eigenvalue weighted by Crippen LogP contribution is -2.14. The van der Waals surface area contributed by atoms with Crippen LogP contribution in [0.4, 0.5) is 5.95 Å². The van der Waals surface area contributed by atoms with Gasteiger partial charge in [-0.15, -0.1) is 10.2 Å². The van der Waals surface area contributed by atoms with E-state index in [-0.39, 0.29) is 17.8 Å².